The fraction of sp³-hybridized carbons (Fsp3) is 0.684. The van der Waals surface area contributed by atoms with E-state index >= 15 is 0 Å². The van der Waals surface area contributed by atoms with Crippen molar-refractivity contribution in [1.29, 1.82) is 0 Å². The van der Waals surface area contributed by atoms with Gasteiger partial charge in [0, 0.05) is 12.5 Å². The van der Waals surface area contributed by atoms with Gasteiger partial charge >= 0.3 is 0 Å². The number of rotatable bonds is 7. The monoisotopic (exact) mass is 347 g/mol. The summed E-state index contributed by atoms with van der Waals surface area (Å²) in [6.45, 7) is 4.55. The van der Waals surface area contributed by atoms with Crippen LogP contribution in [-0.4, -0.2) is 42.9 Å². The van der Waals surface area contributed by atoms with Crippen LogP contribution in [0.3, 0.4) is 0 Å². The predicted molar refractivity (Wildman–Crippen MR) is 95.0 cm³/mol. The molecule has 25 heavy (non-hydrogen) atoms. The summed E-state index contributed by atoms with van der Waals surface area (Å²) in [4.78, 5) is 26.5. The number of aryl methyl sites for hydroxylation is 1. The molecule has 0 aromatic carbocycles. The van der Waals surface area contributed by atoms with Crippen LogP contribution >= 0.6 is 0 Å². The molecule has 2 heterocycles. The van der Waals surface area contributed by atoms with Gasteiger partial charge in [0.15, 0.2) is 0 Å². The average Bonchev–Trinajstić information content (AvgIpc) is 3.35. The number of hydrogen-bond acceptors (Lipinski definition) is 4. The average molecular weight is 347 g/mol. The van der Waals surface area contributed by atoms with Gasteiger partial charge in [0.2, 0.25) is 11.8 Å². The molecule has 3 rings (SSSR count). The number of hydrogen-bond donors (Lipinski definition) is 2. The fourth-order valence-corrected chi connectivity index (χ4v) is 3.87. The van der Waals surface area contributed by atoms with Crippen molar-refractivity contribution in [1.82, 2.24) is 15.5 Å². The highest BCUT2D eigenvalue weighted by atomic mass is 16.3. The van der Waals surface area contributed by atoms with Gasteiger partial charge < -0.3 is 15.1 Å². The van der Waals surface area contributed by atoms with Gasteiger partial charge in [-0.05, 0) is 57.8 Å². The molecule has 1 aromatic rings. The highest BCUT2D eigenvalue weighted by molar-refractivity contribution is 5.85. The van der Waals surface area contributed by atoms with Crippen molar-refractivity contribution < 1.29 is 14.0 Å². The third kappa shape index (κ3) is 4.84. The van der Waals surface area contributed by atoms with E-state index in [1.165, 1.54) is 12.8 Å². The molecule has 1 aliphatic carbocycles. The van der Waals surface area contributed by atoms with Gasteiger partial charge in [0.05, 0.1) is 12.6 Å². The number of amides is 2. The lowest BCUT2D eigenvalue weighted by Crippen LogP contribution is -2.42. The predicted octanol–water partition coefficient (Wildman–Crippen LogP) is 2.15. The summed E-state index contributed by atoms with van der Waals surface area (Å²) in [7, 11) is 0. The molecule has 2 aliphatic rings. The Morgan fingerprint density at radius 3 is 2.52 bits per heavy atom. The maximum atomic E-state index is 12.1. The topological polar surface area (TPSA) is 74.6 Å². The van der Waals surface area contributed by atoms with Crippen molar-refractivity contribution in [3.63, 3.8) is 0 Å². The van der Waals surface area contributed by atoms with Crippen LogP contribution in [-0.2, 0) is 9.59 Å². The molecule has 2 fully saturated rings. The Morgan fingerprint density at radius 1 is 1.16 bits per heavy atom. The molecule has 2 N–H and O–H groups in total. The molecule has 0 unspecified atom stereocenters. The number of likely N-dealkylation sites (tertiary alicyclic amines) is 1. The van der Waals surface area contributed by atoms with Gasteiger partial charge in [-0.25, -0.2) is 0 Å². The first-order valence-electron chi connectivity index (χ1n) is 9.48. The van der Waals surface area contributed by atoms with Gasteiger partial charge in [0.25, 0.3) is 0 Å². The smallest absolute Gasteiger partial charge is 0.239 e. The first-order chi connectivity index (χ1) is 12.1. The molecule has 138 valence electrons. The van der Waals surface area contributed by atoms with Crippen LogP contribution in [0.4, 0.5) is 0 Å². The van der Waals surface area contributed by atoms with Gasteiger partial charge in [-0.1, -0.05) is 12.8 Å². The molecule has 2 amide bonds. The third-order valence-corrected chi connectivity index (χ3v) is 5.31. The van der Waals surface area contributed by atoms with E-state index < -0.39 is 0 Å². The Morgan fingerprint density at radius 2 is 1.88 bits per heavy atom. The van der Waals surface area contributed by atoms with Crippen molar-refractivity contribution in [3.8, 4) is 0 Å². The minimum Gasteiger partial charge on any atom is -0.465 e. The summed E-state index contributed by atoms with van der Waals surface area (Å²) in [5.74, 6) is 1.75. The van der Waals surface area contributed by atoms with Crippen LogP contribution in [0.25, 0.3) is 0 Å². The van der Waals surface area contributed by atoms with Gasteiger partial charge in [-0.15, -0.1) is 0 Å². The van der Waals surface area contributed by atoms with E-state index in [2.05, 4.69) is 15.5 Å². The zero-order valence-corrected chi connectivity index (χ0v) is 15.1. The van der Waals surface area contributed by atoms with E-state index in [9.17, 15) is 9.59 Å². The molecule has 0 spiro atoms. The first kappa shape index (κ1) is 18.0. The number of nitrogens with zero attached hydrogens (tertiary/aromatic N) is 1. The second-order valence-corrected chi connectivity index (χ2v) is 7.21. The SMILES string of the molecule is Cc1ccc([C@@H](CNC(=O)CNC(=O)C2CCCC2)N2CCCC2)o1. The summed E-state index contributed by atoms with van der Waals surface area (Å²) in [5, 5.41) is 5.73. The van der Waals surface area contributed by atoms with Crippen LogP contribution in [0.5, 0.6) is 0 Å². The number of carbonyl (C=O) groups is 2. The molecule has 0 bridgehead atoms. The lowest BCUT2D eigenvalue weighted by atomic mass is 10.1. The van der Waals surface area contributed by atoms with E-state index in [1.54, 1.807) is 0 Å². The molecule has 1 saturated heterocycles. The maximum Gasteiger partial charge on any atom is 0.239 e. The Balaban J connectivity index is 1.48. The fourth-order valence-electron chi connectivity index (χ4n) is 3.87. The minimum atomic E-state index is -0.140. The van der Waals surface area contributed by atoms with Crippen molar-refractivity contribution >= 4 is 11.8 Å². The normalized spacial score (nSPS) is 19.9. The van der Waals surface area contributed by atoms with Crippen LogP contribution < -0.4 is 10.6 Å². The quantitative estimate of drug-likeness (QED) is 0.792. The molecule has 6 nitrogen and oxygen atoms in total. The molecular weight excluding hydrogens is 318 g/mol. The van der Waals surface area contributed by atoms with Crippen LogP contribution in [0, 0.1) is 12.8 Å². The summed E-state index contributed by atoms with van der Waals surface area (Å²) in [5.41, 5.74) is 0. The highest BCUT2D eigenvalue weighted by Crippen LogP contribution is 2.26. The van der Waals surface area contributed by atoms with Crippen molar-refractivity contribution in [2.75, 3.05) is 26.2 Å². The van der Waals surface area contributed by atoms with Crippen LogP contribution in [0.15, 0.2) is 16.5 Å². The maximum absolute atomic E-state index is 12.1. The minimum absolute atomic E-state index is 0.0189. The van der Waals surface area contributed by atoms with Crippen LogP contribution in [0.2, 0.25) is 0 Å². The van der Waals surface area contributed by atoms with Crippen molar-refractivity contribution in [2.45, 2.75) is 51.5 Å². The summed E-state index contributed by atoms with van der Waals surface area (Å²) >= 11 is 0. The van der Waals surface area contributed by atoms with Crippen molar-refractivity contribution in [2.24, 2.45) is 5.92 Å². The Labute approximate surface area is 149 Å². The lowest BCUT2D eigenvalue weighted by Gasteiger charge is -2.26. The molecule has 0 radical (unpaired) electrons. The highest BCUT2D eigenvalue weighted by Gasteiger charge is 2.27. The number of carbonyl (C=O) groups excluding carboxylic acids is 2. The van der Waals surface area contributed by atoms with Gasteiger partial charge in [0.1, 0.15) is 11.5 Å². The zero-order chi connectivity index (χ0) is 17.6. The van der Waals surface area contributed by atoms with E-state index in [0.29, 0.717) is 6.54 Å². The molecular formula is C19H29N3O3. The first-order valence-corrected chi connectivity index (χ1v) is 9.48. The standard InChI is InChI=1S/C19H29N3O3/c1-14-8-9-17(25-14)16(22-10-4-5-11-22)12-20-18(23)13-21-19(24)15-6-2-3-7-15/h8-9,15-16H,2-7,10-13H2,1H3,(H,20,23)(H,21,24)/t16-/m1/s1. The summed E-state index contributed by atoms with van der Waals surface area (Å²) in [6.07, 6.45) is 6.49. The second kappa shape index (κ2) is 8.52. The lowest BCUT2D eigenvalue weighted by molar-refractivity contribution is -0.128. The van der Waals surface area contributed by atoms with E-state index in [-0.39, 0.29) is 30.3 Å². The zero-order valence-electron chi connectivity index (χ0n) is 15.1. The summed E-state index contributed by atoms with van der Waals surface area (Å²) < 4.78 is 5.79. The molecule has 1 saturated carbocycles. The molecule has 6 heteroatoms. The summed E-state index contributed by atoms with van der Waals surface area (Å²) in [6, 6.07) is 4.01. The van der Waals surface area contributed by atoms with Gasteiger partial charge in [-0.3, -0.25) is 14.5 Å². The van der Waals surface area contributed by atoms with Gasteiger partial charge in [-0.2, -0.15) is 0 Å². The largest absolute Gasteiger partial charge is 0.465 e. The third-order valence-electron chi connectivity index (χ3n) is 5.31. The number of nitrogens with one attached hydrogen (secondary N) is 2. The number of furan rings is 1. The van der Waals surface area contributed by atoms with Crippen LogP contribution in [0.1, 0.15) is 56.1 Å². The Kier molecular flexibility index (Phi) is 6.13. The van der Waals surface area contributed by atoms with Crippen molar-refractivity contribution in [3.05, 3.63) is 23.7 Å². The van der Waals surface area contributed by atoms with E-state index in [1.807, 2.05) is 19.1 Å². The van der Waals surface area contributed by atoms with E-state index in [4.69, 9.17) is 4.42 Å². The Bertz CT molecular complexity index is 586. The Hall–Kier alpha value is -1.82. The molecule has 1 aliphatic heterocycles. The second-order valence-electron chi connectivity index (χ2n) is 7.21. The van der Waals surface area contributed by atoms with E-state index in [0.717, 1.165) is 50.3 Å². The molecule has 1 atom stereocenters. The molecule has 1 aromatic heterocycles.